The van der Waals surface area contributed by atoms with Gasteiger partial charge in [0, 0.05) is 24.9 Å². The molecule has 96 valence electrons. The van der Waals surface area contributed by atoms with E-state index in [2.05, 4.69) is 67.6 Å². The molecule has 2 nitrogen and oxygen atoms in total. The van der Waals surface area contributed by atoms with E-state index in [0.717, 1.165) is 18.8 Å². The summed E-state index contributed by atoms with van der Waals surface area (Å²) in [6.45, 7) is 9.89. The zero-order valence-corrected chi connectivity index (χ0v) is 11.8. The minimum atomic E-state index is 0.275. The monoisotopic (exact) mass is 242 g/mol. The van der Waals surface area contributed by atoms with Crippen LogP contribution in [0.25, 0.3) is 0 Å². The molecule has 0 spiro atoms. The van der Waals surface area contributed by atoms with Crippen molar-refractivity contribution in [2.24, 2.45) is 5.41 Å². The van der Waals surface area contributed by atoms with E-state index in [-0.39, 0.29) is 5.41 Å². The topological polar surface area (TPSA) is 17.8 Å². The molecule has 1 aromatic carbocycles. The van der Waals surface area contributed by atoms with E-state index in [4.69, 9.17) is 0 Å². The lowest BCUT2D eigenvalue weighted by Crippen LogP contribution is -2.18. The van der Waals surface area contributed by atoms with E-state index < -0.39 is 0 Å². The Morgan fingerprint density at radius 2 is 1.78 bits per heavy atom. The van der Waals surface area contributed by atoms with Crippen LogP contribution in [0.5, 0.6) is 0 Å². The van der Waals surface area contributed by atoms with Gasteiger partial charge < -0.3 is 4.57 Å². The van der Waals surface area contributed by atoms with Crippen LogP contribution in [-0.4, -0.2) is 9.55 Å². The number of hydrogen-bond acceptors (Lipinski definition) is 1. The van der Waals surface area contributed by atoms with Gasteiger partial charge in [0.2, 0.25) is 0 Å². The zero-order chi connectivity index (χ0) is 13.2. The van der Waals surface area contributed by atoms with Crippen molar-refractivity contribution in [3.8, 4) is 0 Å². The summed E-state index contributed by atoms with van der Waals surface area (Å²) in [7, 11) is 0. The number of rotatable bonds is 3. The molecule has 2 heteroatoms. The Morgan fingerprint density at radius 3 is 2.39 bits per heavy atom. The highest BCUT2D eigenvalue weighted by Crippen LogP contribution is 2.20. The summed E-state index contributed by atoms with van der Waals surface area (Å²) in [5.41, 5.74) is 2.91. The molecule has 0 unspecified atom stereocenters. The minimum Gasteiger partial charge on any atom is -0.331 e. The van der Waals surface area contributed by atoms with E-state index in [9.17, 15) is 0 Å². The maximum Gasteiger partial charge on any atom is 0.105 e. The van der Waals surface area contributed by atoms with Crippen LogP contribution in [0.1, 0.15) is 37.9 Å². The summed E-state index contributed by atoms with van der Waals surface area (Å²) in [4.78, 5) is 4.46. The Morgan fingerprint density at radius 1 is 1.11 bits per heavy atom. The number of imidazole rings is 1. The first-order valence-electron chi connectivity index (χ1n) is 6.51. The number of nitrogens with zero attached hydrogens (tertiary/aromatic N) is 2. The zero-order valence-electron chi connectivity index (χ0n) is 11.8. The van der Waals surface area contributed by atoms with Crippen LogP contribution in [0, 0.1) is 12.3 Å². The molecule has 0 aliphatic carbocycles. The van der Waals surface area contributed by atoms with Crippen LogP contribution < -0.4 is 0 Å². The SMILES string of the molecule is Cc1ncc(Cc2ccccc2)n1CC(C)(C)C. The highest BCUT2D eigenvalue weighted by Gasteiger charge is 2.15. The van der Waals surface area contributed by atoms with Gasteiger partial charge in [-0.2, -0.15) is 0 Å². The first-order valence-corrected chi connectivity index (χ1v) is 6.51. The van der Waals surface area contributed by atoms with Gasteiger partial charge in [-0.15, -0.1) is 0 Å². The fourth-order valence-corrected chi connectivity index (χ4v) is 2.15. The lowest BCUT2D eigenvalue weighted by atomic mass is 9.96. The second-order valence-electron chi connectivity index (χ2n) is 6.11. The Kier molecular flexibility index (Phi) is 3.55. The normalized spacial score (nSPS) is 11.8. The van der Waals surface area contributed by atoms with Gasteiger partial charge in [0.1, 0.15) is 5.82 Å². The first-order chi connectivity index (χ1) is 8.46. The van der Waals surface area contributed by atoms with Crippen LogP contribution in [0.15, 0.2) is 36.5 Å². The third-order valence-electron chi connectivity index (χ3n) is 3.00. The van der Waals surface area contributed by atoms with Crippen LogP contribution in [0.4, 0.5) is 0 Å². The average Bonchev–Trinajstić information content (AvgIpc) is 2.61. The van der Waals surface area contributed by atoms with Crippen LogP contribution in [0.2, 0.25) is 0 Å². The Hall–Kier alpha value is -1.57. The standard InChI is InChI=1S/C16H22N2/c1-13-17-11-15(18(13)12-16(2,3)4)10-14-8-6-5-7-9-14/h5-9,11H,10,12H2,1-4H3. The van der Waals surface area contributed by atoms with Crippen LogP contribution in [0.3, 0.4) is 0 Å². The van der Waals surface area contributed by atoms with E-state index >= 15 is 0 Å². The van der Waals surface area contributed by atoms with Crippen molar-refractivity contribution in [2.45, 2.75) is 40.7 Å². The van der Waals surface area contributed by atoms with Gasteiger partial charge in [-0.1, -0.05) is 51.1 Å². The van der Waals surface area contributed by atoms with Gasteiger partial charge >= 0.3 is 0 Å². The Labute approximate surface area is 110 Å². The third kappa shape index (κ3) is 3.22. The van der Waals surface area contributed by atoms with E-state index in [1.165, 1.54) is 11.3 Å². The molecule has 18 heavy (non-hydrogen) atoms. The number of aromatic nitrogens is 2. The van der Waals surface area contributed by atoms with E-state index in [1.54, 1.807) is 0 Å². The van der Waals surface area contributed by atoms with Crippen molar-refractivity contribution < 1.29 is 0 Å². The molecule has 0 amide bonds. The van der Waals surface area contributed by atoms with Crippen molar-refractivity contribution in [1.29, 1.82) is 0 Å². The highest BCUT2D eigenvalue weighted by molar-refractivity contribution is 5.21. The molecular formula is C16H22N2. The maximum atomic E-state index is 4.46. The van der Waals surface area contributed by atoms with Crippen LogP contribution >= 0.6 is 0 Å². The molecule has 0 aliphatic rings. The van der Waals surface area contributed by atoms with Crippen molar-refractivity contribution in [1.82, 2.24) is 9.55 Å². The van der Waals surface area contributed by atoms with Gasteiger partial charge in [-0.25, -0.2) is 4.98 Å². The second kappa shape index (κ2) is 4.97. The molecule has 0 N–H and O–H groups in total. The molecule has 1 heterocycles. The Balaban J connectivity index is 2.24. The van der Waals surface area contributed by atoms with Crippen molar-refractivity contribution in [3.05, 3.63) is 53.6 Å². The summed E-state index contributed by atoms with van der Waals surface area (Å²) < 4.78 is 2.34. The summed E-state index contributed by atoms with van der Waals surface area (Å²) in [6.07, 6.45) is 2.96. The first kappa shape index (κ1) is 12.9. The summed E-state index contributed by atoms with van der Waals surface area (Å²) >= 11 is 0. The fraction of sp³-hybridized carbons (Fsp3) is 0.438. The quantitative estimate of drug-likeness (QED) is 0.800. The molecule has 0 bridgehead atoms. The predicted molar refractivity (Wildman–Crippen MR) is 75.7 cm³/mol. The summed E-state index contributed by atoms with van der Waals surface area (Å²) in [5, 5.41) is 0. The maximum absolute atomic E-state index is 4.46. The largest absolute Gasteiger partial charge is 0.331 e. The molecule has 0 atom stereocenters. The van der Waals surface area contributed by atoms with Crippen molar-refractivity contribution in [2.75, 3.05) is 0 Å². The summed E-state index contributed by atoms with van der Waals surface area (Å²) in [5.74, 6) is 1.11. The summed E-state index contributed by atoms with van der Waals surface area (Å²) in [6, 6.07) is 10.6. The lowest BCUT2D eigenvalue weighted by molar-refractivity contribution is 0.335. The molecular weight excluding hydrogens is 220 g/mol. The molecule has 0 saturated carbocycles. The van der Waals surface area contributed by atoms with Gasteiger partial charge in [0.25, 0.3) is 0 Å². The Bertz CT molecular complexity index is 504. The second-order valence-corrected chi connectivity index (χ2v) is 6.11. The molecule has 0 fully saturated rings. The minimum absolute atomic E-state index is 0.275. The van der Waals surface area contributed by atoms with Crippen molar-refractivity contribution >= 4 is 0 Å². The van der Waals surface area contributed by atoms with Crippen molar-refractivity contribution in [3.63, 3.8) is 0 Å². The van der Waals surface area contributed by atoms with E-state index in [0.29, 0.717) is 0 Å². The number of benzene rings is 1. The fourth-order valence-electron chi connectivity index (χ4n) is 2.15. The van der Waals surface area contributed by atoms with Gasteiger partial charge in [-0.3, -0.25) is 0 Å². The average molecular weight is 242 g/mol. The predicted octanol–water partition coefficient (Wildman–Crippen LogP) is 3.83. The van der Waals surface area contributed by atoms with Gasteiger partial charge in [0.15, 0.2) is 0 Å². The highest BCUT2D eigenvalue weighted by atomic mass is 15.1. The number of hydrogen-bond donors (Lipinski definition) is 0. The lowest BCUT2D eigenvalue weighted by Gasteiger charge is -2.22. The molecule has 2 rings (SSSR count). The molecule has 0 radical (unpaired) electrons. The molecule has 2 aromatic rings. The van der Waals surface area contributed by atoms with Gasteiger partial charge in [0.05, 0.1) is 0 Å². The van der Waals surface area contributed by atoms with Gasteiger partial charge in [-0.05, 0) is 17.9 Å². The van der Waals surface area contributed by atoms with E-state index in [1.807, 2.05) is 6.20 Å². The molecule has 0 saturated heterocycles. The molecule has 0 aliphatic heterocycles. The smallest absolute Gasteiger partial charge is 0.105 e. The van der Waals surface area contributed by atoms with Crippen LogP contribution in [-0.2, 0) is 13.0 Å². The third-order valence-corrected chi connectivity index (χ3v) is 3.00. The number of aryl methyl sites for hydroxylation is 1. The molecule has 1 aromatic heterocycles.